The minimum Gasteiger partial charge on any atom is -0.313 e. The van der Waals surface area contributed by atoms with Gasteiger partial charge in [-0.1, -0.05) is 177 Å². The highest BCUT2D eigenvalue weighted by molar-refractivity contribution is 6.11. The monoisotopic (exact) mass is 744 g/mol. The average molecular weight is 745 g/mol. The van der Waals surface area contributed by atoms with Crippen LogP contribution in [0.5, 0.6) is 0 Å². The maximum Gasteiger partial charge on any atom is 0.0544 e. The molecule has 58 heavy (non-hydrogen) atoms. The molecule has 0 bridgehead atoms. The van der Waals surface area contributed by atoms with Gasteiger partial charge in [0, 0.05) is 50.5 Å². The summed E-state index contributed by atoms with van der Waals surface area (Å²) in [5.74, 6) is 0.729. The second-order valence-electron chi connectivity index (χ2n) is 16.0. The molecule has 2 aromatic heterocycles. The van der Waals surface area contributed by atoms with E-state index in [0.717, 1.165) is 12.8 Å². The lowest BCUT2D eigenvalue weighted by atomic mass is 9.81. The van der Waals surface area contributed by atoms with Gasteiger partial charge in [0.2, 0.25) is 0 Å². The van der Waals surface area contributed by atoms with Gasteiger partial charge in [-0.15, -0.1) is 0 Å². The molecule has 0 N–H and O–H groups in total. The summed E-state index contributed by atoms with van der Waals surface area (Å²) in [6.45, 7) is 2.40. The largest absolute Gasteiger partial charge is 0.313 e. The van der Waals surface area contributed by atoms with Crippen LogP contribution in [0.25, 0.3) is 62.5 Å². The van der Waals surface area contributed by atoms with E-state index in [1.165, 1.54) is 88.4 Å². The smallest absolute Gasteiger partial charge is 0.0544 e. The highest BCUT2D eigenvalue weighted by Crippen LogP contribution is 2.41. The van der Waals surface area contributed by atoms with Gasteiger partial charge in [-0.2, -0.15) is 0 Å². The molecule has 0 saturated carbocycles. The lowest BCUT2D eigenvalue weighted by molar-refractivity contribution is 0.693. The molecule has 2 aliphatic rings. The van der Waals surface area contributed by atoms with Crippen molar-refractivity contribution in [2.24, 2.45) is 5.92 Å². The van der Waals surface area contributed by atoms with Crippen LogP contribution < -0.4 is 10.6 Å². The van der Waals surface area contributed by atoms with Crippen molar-refractivity contribution in [1.29, 1.82) is 0 Å². The summed E-state index contributed by atoms with van der Waals surface area (Å²) >= 11 is 0. The fourth-order valence-electron chi connectivity index (χ4n) is 9.97. The number of rotatable bonds is 7. The Balaban J connectivity index is 1.02. The van der Waals surface area contributed by atoms with Crippen LogP contribution in [0, 0.1) is 5.92 Å². The molecule has 2 unspecified atom stereocenters. The molecular formula is C56H44N2. The minimum absolute atomic E-state index is 0.174. The lowest BCUT2D eigenvalue weighted by Gasteiger charge is -2.23. The molecule has 7 aromatic carbocycles. The van der Waals surface area contributed by atoms with Crippen molar-refractivity contribution in [2.75, 3.05) is 0 Å². The third-order valence-corrected chi connectivity index (χ3v) is 12.6. The van der Waals surface area contributed by atoms with Gasteiger partial charge in [0.1, 0.15) is 0 Å². The summed E-state index contributed by atoms with van der Waals surface area (Å²) in [5, 5.41) is 5.34. The first-order chi connectivity index (χ1) is 28.7. The molecule has 278 valence electrons. The Labute approximate surface area is 340 Å². The molecule has 2 aliphatic carbocycles. The Bertz CT molecular complexity index is 3070. The number of nitrogens with zero attached hydrogens (tertiary/aromatic N) is 2. The third-order valence-electron chi connectivity index (χ3n) is 12.6. The Morgan fingerprint density at radius 1 is 0.534 bits per heavy atom. The Kier molecular flexibility index (Phi) is 8.43. The van der Waals surface area contributed by atoms with E-state index in [1.807, 2.05) is 0 Å². The summed E-state index contributed by atoms with van der Waals surface area (Å²) in [6, 6.07) is 66.8. The van der Waals surface area contributed by atoms with Crippen molar-refractivity contribution in [1.82, 2.24) is 9.13 Å². The highest BCUT2D eigenvalue weighted by atomic mass is 15.0. The van der Waals surface area contributed by atoms with Crippen LogP contribution in [0.2, 0.25) is 0 Å². The van der Waals surface area contributed by atoms with Crippen LogP contribution in [-0.2, 0) is 6.42 Å². The first-order valence-electron chi connectivity index (χ1n) is 20.7. The molecule has 0 fully saturated rings. The van der Waals surface area contributed by atoms with E-state index >= 15 is 0 Å². The standard InChI is InChI=1S/C56H44N2/c1-38-35-50-46-25-11-13-28-51(46)57(44-22-9-4-10-23-44)54(50)37-49(38)47-27-16-30-53-56(47)48-26-12-14-29-52(48)58(53)45-24-15-21-43(36-45)39-31-33-42(34-32-39)55(40-17-5-2-6-18-40)41-19-7-3-8-20-41/h2-12,14-27,29-38,49,55H,13,28H2,1H3. The Morgan fingerprint density at radius 3 is 1.93 bits per heavy atom. The van der Waals surface area contributed by atoms with Crippen molar-refractivity contribution in [2.45, 2.75) is 31.6 Å². The fraction of sp³-hybridized carbons (Fsp3) is 0.107. The average Bonchev–Trinajstić information content (AvgIpc) is 3.80. The number of hydrogen-bond donors (Lipinski definition) is 0. The first-order valence-corrected chi connectivity index (χ1v) is 20.7. The number of aromatic nitrogens is 2. The van der Waals surface area contributed by atoms with Gasteiger partial charge in [0.05, 0.1) is 16.4 Å². The zero-order chi connectivity index (χ0) is 38.6. The number of fused-ring (bicyclic) bond motifs is 6. The zero-order valence-corrected chi connectivity index (χ0v) is 32.7. The van der Waals surface area contributed by atoms with Gasteiger partial charge in [-0.05, 0) is 88.5 Å². The molecule has 0 aliphatic heterocycles. The molecule has 2 atom stereocenters. The van der Waals surface area contributed by atoms with Gasteiger partial charge in [0.25, 0.3) is 0 Å². The lowest BCUT2D eigenvalue weighted by Crippen LogP contribution is -2.35. The second kappa shape index (κ2) is 14.2. The van der Waals surface area contributed by atoms with Gasteiger partial charge in [-0.25, -0.2) is 0 Å². The predicted octanol–water partition coefficient (Wildman–Crippen LogP) is 12.4. The molecular weight excluding hydrogens is 701 g/mol. The normalized spacial score (nSPS) is 15.9. The van der Waals surface area contributed by atoms with Crippen molar-refractivity contribution >= 4 is 40.0 Å². The van der Waals surface area contributed by atoms with E-state index in [9.17, 15) is 0 Å². The summed E-state index contributed by atoms with van der Waals surface area (Å²) in [5.41, 5.74) is 15.4. The Morgan fingerprint density at radius 2 is 1.17 bits per heavy atom. The van der Waals surface area contributed by atoms with Crippen molar-refractivity contribution < 1.29 is 0 Å². The summed E-state index contributed by atoms with van der Waals surface area (Å²) < 4.78 is 5.01. The van der Waals surface area contributed by atoms with Crippen molar-refractivity contribution in [3.05, 3.63) is 232 Å². The first kappa shape index (κ1) is 34.4. The predicted molar refractivity (Wildman–Crippen MR) is 243 cm³/mol. The van der Waals surface area contributed by atoms with Crippen LogP contribution in [0.15, 0.2) is 188 Å². The molecule has 2 heterocycles. The van der Waals surface area contributed by atoms with Crippen LogP contribution in [0.1, 0.15) is 58.7 Å². The van der Waals surface area contributed by atoms with Crippen LogP contribution in [0.4, 0.5) is 0 Å². The van der Waals surface area contributed by atoms with Gasteiger partial charge >= 0.3 is 0 Å². The summed E-state index contributed by atoms with van der Waals surface area (Å²) in [7, 11) is 0. The van der Waals surface area contributed by atoms with Crippen LogP contribution >= 0.6 is 0 Å². The number of allylic oxidation sites excluding steroid dienone is 1. The van der Waals surface area contributed by atoms with E-state index in [0.29, 0.717) is 5.92 Å². The third kappa shape index (κ3) is 5.71. The van der Waals surface area contributed by atoms with Gasteiger partial charge < -0.3 is 9.13 Å². The molecule has 11 rings (SSSR count). The minimum atomic E-state index is 0.174. The molecule has 0 amide bonds. The van der Waals surface area contributed by atoms with Crippen molar-refractivity contribution in [3.63, 3.8) is 0 Å². The maximum atomic E-state index is 2.57. The van der Waals surface area contributed by atoms with E-state index in [4.69, 9.17) is 0 Å². The molecule has 2 nitrogen and oxygen atoms in total. The van der Waals surface area contributed by atoms with Crippen molar-refractivity contribution in [3.8, 4) is 22.5 Å². The zero-order valence-electron chi connectivity index (χ0n) is 32.7. The SMILES string of the molecule is CC1C=c2c3c(n(-c4ccccc4)c2=CC1c1cccc2c1c1ccccc1n2-c1cccc(-c2ccc(C(c4ccccc4)c4ccccc4)cc2)c1)CCC=C3. The fourth-order valence-corrected chi connectivity index (χ4v) is 9.97. The topological polar surface area (TPSA) is 9.86 Å². The van der Waals surface area contributed by atoms with Gasteiger partial charge in [0.15, 0.2) is 0 Å². The van der Waals surface area contributed by atoms with Crippen LogP contribution in [0.3, 0.4) is 0 Å². The number of para-hydroxylation sites is 2. The highest BCUT2D eigenvalue weighted by Gasteiger charge is 2.27. The van der Waals surface area contributed by atoms with E-state index < -0.39 is 0 Å². The summed E-state index contributed by atoms with van der Waals surface area (Å²) in [6.07, 6.45) is 12.0. The molecule has 0 spiro atoms. The molecule has 0 radical (unpaired) electrons. The molecule has 2 heteroatoms. The van der Waals surface area contributed by atoms with E-state index in [1.54, 1.807) is 0 Å². The van der Waals surface area contributed by atoms with E-state index in [2.05, 4.69) is 222 Å². The van der Waals surface area contributed by atoms with Crippen LogP contribution in [-0.4, -0.2) is 9.13 Å². The molecule has 9 aromatic rings. The molecule has 0 saturated heterocycles. The summed E-state index contributed by atoms with van der Waals surface area (Å²) in [4.78, 5) is 0. The maximum absolute atomic E-state index is 2.57. The number of benzene rings is 7. The van der Waals surface area contributed by atoms with E-state index in [-0.39, 0.29) is 11.8 Å². The number of hydrogen-bond acceptors (Lipinski definition) is 0. The second-order valence-corrected chi connectivity index (χ2v) is 16.0. The van der Waals surface area contributed by atoms with Gasteiger partial charge in [-0.3, -0.25) is 0 Å². The Hall–Kier alpha value is -6.90. The quantitative estimate of drug-likeness (QED) is 0.144.